The van der Waals surface area contributed by atoms with Crippen molar-refractivity contribution in [3.8, 4) is 5.75 Å². The minimum absolute atomic E-state index is 0.0534. The highest BCUT2D eigenvalue weighted by Crippen LogP contribution is 2.27. The highest BCUT2D eigenvalue weighted by molar-refractivity contribution is 5.96. The Morgan fingerprint density at radius 2 is 1.69 bits per heavy atom. The molecule has 1 amide bonds. The number of carbonyl (C=O) groups is 1. The molecule has 29 heavy (non-hydrogen) atoms. The molecule has 3 aromatic carbocycles. The lowest BCUT2D eigenvalue weighted by atomic mass is 10.0. The lowest BCUT2D eigenvalue weighted by molar-refractivity contribution is -0.121. The standard InChI is InChI=1S/C25H28N2O2/c1-18-14-15-19(2)22(16-18)26-25(28)24(20-10-6-5-7-11-20)27(3)17-21-12-8-9-13-23(21)29-4/h5-16,24H,17H2,1-4H3,(H,26,28). The molecule has 0 aliphatic rings. The van der Waals surface area contributed by atoms with Gasteiger partial charge in [-0.05, 0) is 49.7 Å². The Hall–Kier alpha value is -3.11. The fourth-order valence-corrected chi connectivity index (χ4v) is 3.51. The van der Waals surface area contributed by atoms with Crippen molar-refractivity contribution in [2.45, 2.75) is 26.4 Å². The zero-order chi connectivity index (χ0) is 20.8. The zero-order valence-corrected chi connectivity index (χ0v) is 17.5. The highest BCUT2D eigenvalue weighted by atomic mass is 16.5. The van der Waals surface area contributed by atoms with Gasteiger partial charge in [-0.1, -0.05) is 60.7 Å². The average molecular weight is 389 g/mol. The largest absolute Gasteiger partial charge is 0.496 e. The maximum atomic E-state index is 13.4. The number of hydrogen-bond donors (Lipinski definition) is 1. The molecular weight excluding hydrogens is 360 g/mol. The summed E-state index contributed by atoms with van der Waals surface area (Å²) < 4.78 is 5.49. The lowest BCUT2D eigenvalue weighted by Crippen LogP contribution is -2.34. The topological polar surface area (TPSA) is 41.6 Å². The third-order valence-corrected chi connectivity index (χ3v) is 5.07. The van der Waals surface area contributed by atoms with Gasteiger partial charge in [0.15, 0.2) is 0 Å². The number of nitrogens with one attached hydrogen (secondary N) is 1. The molecule has 0 radical (unpaired) electrons. The fourth-order valence-electron chi connectivity index (χ4n) is 3.51. The minimum Gasteiger partial charge on any atom is -0.496 e. The van der Waals surface area contributed by atoms with E-state index in [0.717, 1.165) is 33.7 Å². The molecule has 0 saturated heterocycles. The van der Waals surface area contributed by atoms with Gasteiger partial charge in [-0.25, -0.2) is 0 Å². The van der Waals surface area contributed by atoms with Gasteiger partial charge in [0.05, 0.1) is 7.11 Å². The number of methoxy groups -OCH3 is 1. The molecule has 0 heterocycles. The van der Waals surface area contributed by atoms with E-state index in [-0.39, 0.29) is 5.91 Å². The number of aryl methyl sites for hydroxylation is 2. The summed E-state index contributed by atoms with van der Waals surface area (Å²) in [7, 11) is 3.63. The summed E-state index contributed by atoms with van der Waals surface area (Å²) >= 11 is 0. The summed E-state index contributed by atoms with van der Waals surface area (Å²) in [5.74, 6) is 0.767. The van der Waals surface area contributed by atoms with Crippen LogP contribution < -0.4 is 10.1 Å². The molecule has 0 aliphatic carbocycles. The van der Waals surface area contributed by atoms with Crippen LogP contribution >= 0.6 is 0 Å². The van der Waals surface area contributed by atoms with Crippen LogP contribution in [0.2, 0.25) is 0 Å². The van der Waals surface area contributed by atoms with E-state index in [1.54, 1.807) is 7.11 Å². The zero-order valence-electron chi connectivity index (χ0n) is 17.5. The number of rotatable bonds is 7. The Bertz CT molecular complexity index is 970. The van der Waals surface area contributed by atoms with Crippen molar-refractivity contribution >= 4 is 11.6 Å². The molecule has 1 unspecified atom stereocenters. The third kappa shape index (κ3) is 5.04. The monoisotopic (exact) mass is 388 g/mol. The van der Waals surface area contributed by atoms with Crippen LogP contribution in [0.25, 0.3) is 0 Å². The van der Waals surface area contributed by atoms with E-state index in [1.165, 1.54) is 0 Å². The second-order valence-electron chi connectivity index (χ2n) is 7.35. The van der Waals surface area contributed by atoms with Crippen LogP contribution in [-0.4, -0.2) is 25.0 Å². The maximum absolute atomic E-state index is 13.4. The summed E-state index contributed by atoms with van der Waals surface area (Å²) in [6.07, 6.45) is 0. The number of ether oxygens (including phenoxy) is 1. The SMILES string of the molecule is COc1ccccc1CN(C)C(C(=O)Nc1cc(C)ccc1C)c1ccccc1. The summed E-state index contributed by atoms with van der Waals surface area (Å²) in [6.45, 7) is 4.62. The van der Waals surface area contributed by atoms with Crippen LogP contribution in [0.4, 0.5) is 5.69 Å². The van der Waals surface area contributed by atoms with Crippen molar-refractivity contribution in [2.75, 3.05) is 19.5 Å². The fraction of sp³-hybridized carbons (Fsp3) is 0.240. The van der Waals surface area contributed by atoms with Gasteiger partial charge in [-0.15, -0.1) is 0 Å². The lowest BCUT2D eigenvalue weighted by Gasteiger charge is -2.28. The molecule has 0 saturated carbocycles. The van der Waals surface area contributed by atoms with Crippen molar-refractivity contribution in [1.82, 2.24) is 4.90 Å². The van der Waals surface area contributed by atoms with Crippen molar-refractivity contribution in [3.63, 3.8) is 0 Å². The molecule has 1 atom stereocenters. The number of hydrogen-bond acceptors (Lipinski definition) is 3. The van der Waals surface area contributed by atoms with E-state index < -0.39 is 6.04 Å². The summed E-state index contributed by atoms with van der Waals surface area (Å²) in [4.78, 5) is 15.4. The second-order valence-corrected chi connectivity index (χ2v) is 7.35. The minimum atomic E-state index is -0.430. The predicted octanol–water partition coefficient (Wildman–Crippen LogP) is 5.12. The molecule has 0 spiro atoms. The maximum Gasteiger partial charge on any atom is 0.246 e. The molecule has 4 heteroatoms. The Kier molecular flexibility index (Phi) is 6.68. The van der Waals surface area contributed by atoms with E-state index in [9.17, 15) is 4.79 Å². The summed E-state index contributed by atoms with van der Waals surface area (Å²) in [5.41, 5.74) is 5.00. The Morgan fingerprint density at radius 1 is 1.00 bits per heavy atom. The molecule has 3 aromatic rings. The van der Waals surface area contributed by atoms with Crippen molar-refractivity contribution in [3.05, 3.63) is 95.1 Å². The van der Waals surface area contributed by atoms with Gasteiger partial charge in [0.1, 0.15) is 11.8 Å². The molecule has 1 N–H and O–H groups in total. The molecular formula is C25H28N2O2. The van der Waals surface area contributed by atoms with Crippen molar-refractivity contribution in [1.29, 1.82) is 0 Å². The number of likely N-dealkylation sites (N-methyl/N-ethyl adjacent to an activating group) is 1. The third-order valence-electron chi connectivity index (χ3n) is 5.07. The van der Waals surface area contributed by atoms with Crippen LogP contribution in [0.1, 0.15) is 28.3 Å². The molecule has 0 fully saturated rings. The van der Waals surface area contributed by atoms with Crippen LogP contribution in [-0.2, 0) is 11.3 Å². The van der Waals surface area contributed by atoms with Crippen LogP contribution in [0, 0.1) is 13.8 Å². The number of anilines is 1. The summed E-state index contributed by atoms with van der Waals surface area (Å²) in [6, 6.07) is 23.4. The number of para-hydroxylation sites is 1. The predicted molar refractivity (Wildman–Crippen MR) is 118 cm³/mol. The van der Waals surface area contributed by atoms with Crippen LogP contribution in [0.3, 0.4) is 0 Å². The number of amides is 1. The van der Waals surface area contributed by atoms with Gasteiger partial charge in [0.25, 0.3) is 0 Å². The van der Waals surface area contributed by atoms with Crippen molar-refractivity contribution in [2.24, 2.45) is 0 Å². The normalized spacial score (nSPS) is 11.9. The highest BCUT2D eigenvalue weighted by Gasteiger charge is 2.26. The summed E-state index contributed by atoms with van der Waals surface area (Å²) in [5, 5.41) is 3.13. The van der Waals surface area contributed by atoms with Gasteiger partial charge < -0.3 is 10.1 Å². The van der Waals surface area contributed by atoms with Gasteiger partial charge in [-0.2, -0.15) is 0 Å². The number of benzene rings is 3. The van der Waals surface area contributed by atoms with Gasteiger partial charge in [-0.3, -0.25) is 9.69 Å². The number of nitrogens with zero attached hydrogens (tertiary/aromatic N) is 1. The van der Waals surface area contributed by atoms with Crippen LogP contribution in [0.5, 0.6) is 5.75 Å². The smallest absolute Gasteiger partial charge is 0.246 e. The van der Waals surface area contributed by atoms with E-state index in [1.807, 2.05) is 98.6 Å². The molecule has 0 bridgehead atoms. The average Bonchev–Trinajstić information content (AvgIpc) is 2.72. The van der Waals surface area contributed by atoms with E-state index in [0.29, 0.717) is 6.54 Å². The second kappa shape index (κ2) is 9.39. The quantitative estimate of drug-likeness (QED) is 0.610. The Labute approximate surface area is 173 Å². The molecule has 150 valence electrons. The van der Waals surface area contributed by atoms with E-state index >= 15 is 0 Å². The van der Waals surface area contributed by atoms with E-state index in [4.69, 9.17) is 4.74 Å². The molecule has 0 aromatic heterocycles. The van der Waals surface area contributed by atoms with Gasteiger partial charge in [0.2, 0.25) is 5.91 Å². The van der Waals surface area contributed by atoms with Crippen LogP contribution in [0.15, 0.2) is 72.8 Å². The Morgan fingerprint density at radius 3 is 2.41 bits per heavy atom. The van der Waals surface area contributed by atoms with Crippen molar-refractivity contribution < 1.29 is 9.53 Å². The Balaban J connectivity index is 1.90. The number of carbonyl (C=O) groups excluding carboxylic acids is 1. The van der Waals surface area contributed by atoms with Gasteiger partial charge in [0, 0.05) is 17.8 Å². The first-order valence-electron chi connectivity index (χ1n) is 9.75. The van der Waals surface area contributed by atoms with Gasteiger partial charge >= 0.3 is 0 Å². The first kappa shape index (κ1) is 20.6. The van der Waals surface area contributed by atoms with E-state index in [2.05, 4.69) is 5.32 Å². The molecule has 0 aliphatic heterocycles. The molecule has 4 nitrogen and oxygen atoms in total. The molecule has 3 rings (SSSR count). The first-order chi connectivity index (χ1) is 14.0. The first-order valence-corrected chi connectivity index (χ1v) is 9.75.